The highest BCUT2D eigenvalue weighted by Gasteiger charge is 2.19. The molecule has 126 valence electrons. The molecule has 1 unspecified atom stereocenters. The first-order chi connectivity index (χ1) is 9.65. The standard InChI is InChI=1S/C16H25N3O.2ClH/c1-14(17)12-16(20)19-9-5-8-18(10-11-19)13-15-6-3-2-4-7-15;;/h2-4,6-7,14H,5,8-13,17H2,1H3;2*1H. The molecule has 1 fully saturated rings. The Bertz CT molecular complexity index is 429. The summed E-state index contributed by atoms with van der Waals surface area (Å²) in [4.78, 5) is 16.4. The third-order valence-corrected chi connectivity index (χ3v) is 3.69. The third-order valence-electron chi connectivity index (χ3n) is 3.69. The summed E-state index contributed by atoms with van der Waals surface area (Å²) >= 11 is 0. The first kappa shape index (κ1) is 21.2. The van der Waals surface area contributed by atoms with Crippen molar-refractivity contribution in [3.05, 3.63) is 35.9 Å². The van der Waals surface area contributed by atoms with Crippen LogP contribution in [0.25, 0.3) is 0 Å². The highest BCUT2D eigenvalue weighted by Crippen LogP contribution is 2.10. The van der Waals surface area contributed by atoms with Crippen LogP contribution in [0.15, 0.2) is 30.3 Å². The van der Waals surface area contributed by atoms with E-state index in [9.17, 15) is 4.79 Å². The van der Waals surface area contributed by atoms with Crippen molar-refractivity contribution in [2.45, 2.75) is 32.4 Å². The van der Waals surface area contributed by atoms with Gasteiger partial charge in [-0.25, -0.2) is 0 Å². The van der Waals surface area contributed by atoms with E-state index in [4.69, 9.17) is 5.73 Å². The van der Waals surface area contributed by atoms with E-state index in [1.807, 2.05) is 17.9 Å². The summed E-state index contributed by atoms with van der Waals surface area (Å²) in [6.45, 7) is 6.53. The minimum absolute atomic E-state index is 0. The lowest BCUT2D eigenvalue weighted by Crippen LogP contribution is -2.37. The average Bonchev–Trinajstić information content (AvgIpc) is 2.65. The second-order valence-electron chi connectivity index (χ2n) is 5.68. The normalized spacial score (nSPS) is 16.9. The van der Waals surface area contributed by atoms with Gasteiger partial charge in [0.1, 0.15) is 0 Å². The lowest BCUT2D eigenvalue weighted by Gasteiger charge is -2.22. The Labute approximate surface area is 145 Å². The number of hydrogen-bond acceptors (Lipinski definition) is 3. The zero-order valence-electron chi connectivity index (χ0n) is 13.1. The van der Waals surface area contributed by atoms with Gasteiger partial charge in [0, 0.05) is 45.2 Å². The van der Waals surface area contributed by atoms with E-state index in [0.29, 0.717) is 6.42 Å². The van der Waals surface area contributed by atoms with Crippen LogP contribution >= 0.6 is 24.8 Å². The van der Waals surface area contributed by atoms with Crippen LogP contribution in [0.1, 0.15) is 25.3 Å². The molecule has 1 aromatic rings. The lowest BCUT2D eigenvalue weighted by molar-refractivity contribution is -0.131. The van der Waals surface area contributed by atoms with Crippen molar-refractivity contribution >= 4 is 30.7 Å². The number of carbonyl (C=O) groups excluding carboxylic acids is 1. The molecule has 0 radical (unpaired) electrons. The maximum atomic E-state index is 12.1. The third kappa shape index (κ3) is 6.97. The van der Waals surface area contributed by atoms with Gasteiger partial charge in [0.25, 0.3) is 0 Å². The first-order valence-electron chi connectivity index (χ1n) is 7.45. The molecule has 22 heavy (non-hydrogen) atoms. The van der Waals surface area contributed by atoms with Crippen molar-refractivity contribution in [2.24, 2.45) is 5.73 Å². The molecule has 1 aliphatic rings. The monoisotopic (exact) mass is 347 g/mol. The van der Waals surface area contributed by atoms with E-state index >= 15 is 0 Å². The Balaban J connectivity index is 0.00000220. The summed E-state index contributed by atoms with van der Waals surface area (Å²) in [5, 5.41) is 0. The summed E-state index contributed by atoms with van der Waals surface area (Å²) in [5.74, 6) is 0.196. The van der Waals surface area contributed by atoms with Crippen LogP contribution in [-0.2, 0) is 11.3 Å². The second kappa shape index (κ2) is 10.8. The van der Waals surface area contributed by atoms with Gasteiger partial charge in [-0.2, -0.15) is 0 Å². The fraction of sp³-hybridized carbons (Fsp3) is 0.562. The Morgan fingerprint density at radius 1 is 1.14 bits per heavy atom. The van der Waals surface area contributed by atoms with Crippen LogP contribution in [0.3, 0.4) is 0 Å². The molecule has 2 rings (SSSR count). The predicted molar refractivity (Wildman–Crippen MR) is 95.7 cm³/mol. The number of hydrogen-bond donors (Lipinski definition) is 1. The molecule has 2 N–H and O–H groups in total. The topological polar surface area (TPSA) is 49.6 Å². The molecular formula is C16H27Cl2N3O. The molecule has 0 saturated carbocycles. The molecule has 1 amide bonds. The van der Waals surface area contributed by atoms with Crippen LogP contribution in [0.4, 0.5) is 0 Å². The van der Waals surface area contributed by atoms with Gasteiger partial charge >= 0.3 is 0 Å². The molecule has 1 aliphatic heterocycles. The maximum Gasteiger partial charge on any atom is 0.224 e. The Morgan fingerprint density at radius 3 is 2.45 bits per heavy atom. The number of rotatable bonds is 4. The fourth-order valence-corrected chi connectivity index (χ4v) is 2.62. The maximum absolute atomic E-state index is 12.1. The van der Waals surface area contributed by atoms with Crippen LogP contribution in [0, 0.1) is 0 Å². The predicted octanol–water partition coefficient (Wildman–Crippen LogP) is 2.30. The van der Waals surface area contributed by atoms with Gasteiger partial charge in [0.05, 0.1) is 0 Å². The van der Waals surface area contributed by atoms with E-state index in [1.165, 1.54) is 5.56 Å². The van der Waals surface area contributed by atoms with Crippen molar-refractivity contribution < 1.29 is 4.79 Å². The number of nitrogens with zero attached hydrogens (tertiary/aromatic N) is 2. The molecule has 0 aliphatic carbocycles. The lowest BCUT2D eigenvalue weighted by atomic mass is 10.2. The smallest absolute Gasteiger partial charge is 0.224 e. The average molecular weight is 348 g/mol. The molecule has 1 atom stereocenters. The largest absolute Gasteiger partial charge is 0.341 e. The van der Waals surface area contributed by atoms with Gasteiger partial charge in [0.2, 0.25) is 5.91 Å². The molecule has 1 saturated heterocycles. The van der Waals surface area contributed by atoms with Crippen molar-refractivity contribution in [1.29, 1.82) is 0 Å². The van der Waals surface area contributed by atoms with E-state index in [-0.39, 0.29) is 36.8 Å². The molecular weight excluding hydrogens is 321 g/mol. The van der Waals surface area contributed by atoms with Gasteiger partial charge in [-0.15, -0.1) is 24.8 Å². The Hall–Kier alpha value is -0.810. The number of carbonyl (C=O) groups is 1. The summed E-state index contributed by atoms with van der Waals surface area (Å²) < 4.78 is 0. The van der Waals surface area contributed by atoms with Crippen molar-refractivity contribution in [1.82, 2.24) is 9.80 Å². The van der Waals surface area contributed by atoms with E-state index in [1.54, 1.807) is 0 Å². The molecule has 6 heteroatoms. The van der Waals surface area contributed by atoms with Crippen LogP contribution < -0.4 is 5.73 Å². The summed E-state index contributed by atoms with van der Waals surface area (Å²) in [7, 11) is 0. The molecule has 1 heterocycles. The highest BCUT2D eigenvalue weighted by molar-refractivity contribution is 5.85. The summed E-state index contributed by atoms with van der Waals surface area (Å²) in [6, 6.07) is 10.5. The summed E-state index contributed by atoms with van der Waals surface area (Å²) in [5.41, 5.74) is 7.05. The molecule has 1 aromatic carbocycles. The molecule has 4 nitrogen and oxygen atoms in total. The fourth-order valence-electron chi connectivity index (χ4n) is 2.62. The van der Waals surface area contributed by atoms with E-state index in [0.717, 1.165) is 39.1 Å². The summed E-state index contributed by atoms with van der Waals surface area (Å²) in [6.07, 6.45) is 1.50. The quantitative estimate of drug-likeness (QED) is 0.908. The van der Waals surface area contributed by atoms with Gasteiger partial charge in [-0.1, -0.05) is 30.3 Å². The Morgan fingerprint density at radius 2 is 1.82 bits per heavy atom. The van der Waals surface area contributed by atoms with Gasteiger partial charge in [-0.3, -0.25) is 9.69 Å². The highest BCUT2D eigenvalue weighted by atomic mass is 35.5. The number of benzene rings is 1. The second-order valence-corrected chi connectivity index (χ2v) is 5.68. The van der Waals surface area contributed by atoms with Gasteiger partial charge < -0.3 is 10.6 Å². The number of halogens is 2. The Kier molecular flexibility index (Phi) is 10.4. The van der Waals surface area contributed by atoms with Crippen molar-refractivity contribution in [3.63, 3.8) is 0 Å². The van der Waals surface area contributed by atoms with Crippen LogP contribution in [0.2, 0.25) is 0 Å². The van der Waals surface area contributed by atoms with Gasteiger partial charge in [-0.05, 0) is 18.9 Å². The number of amides is 1. The number of nitrogens with two attached hydrogens (primary N) is 1. The molecule has 0 spiro atoms. The van der Waals surface area contributed by atoms with Crippen LogP contribution in [0.5, 0.6) is 0 Å². The van der Waals surface area contributed by atoms with Crippen molar-refractivity contribution in [3.8, 4) is 0 Å². The van der Waals surface area contributed by atoms with E-state index in [2.05, 4.69) is 29.2 Å². The zero-order valence-corrected chi connectivity index (χ0v) is 14.7. The SMILES string of the molecule is CC(N)CC(=O)N1CCCN(Cc2ccccc2)CC1.Cl.Cl. The minimum Gasteiger partial charge on any atom is -0.341 e. The van der Waals surface area contributed by atoms with Crippen molar-refractivity contribution in [2.75, 3.05) is 26.2 Å². The molecule has 0 bridgehead atoms. The van der Waals surface area contributed by atoms with E-state index < -0.39 is 0 Å². The van der Waals surface area contributed by atoms with Crippen LogP contribution in [-0.4, -0.2) is 47.9 Å². The molecule has 0 aromatic heterocycles. The first-order valence-corrected chi connectivity index (χ1v) is 7.45. The van der Waals surface area contributed by atoms with Gasteiger partial charge in [0.15, 0.2) is 0 Å². The minimum atomic E-state index is -0.0498. The zero-order chi connectivity index (χ0) is 14.4.